The molecule has 3 fully saturated rings. The van der Waals surface area contributed by atoms with Crippen LogP contribution in [0.15, 0.2) is 30.3 Å². The molecule has 0 aromatic heterocycles. The van der Waals surface area contributed by atoms with E-state index in [0.29, 0.717) is 25.9 Å². The van der Waals surface area contributed by atoms with Crippen molar-refractivity contribution in [2.24, 2.45) is 11.8 Å². The molecule has 1 aromatic rings. The number of carbonyl (C=O) groups excluding carboxylic acids is 4. The average molecular weight is 428 g/mol. The molecule has 1 aliphatic carbocycles. The van der Waals surface area contributed by atoms with Gasteiger partial charge in [0.2, 0.25) is 5.91 Å². The molecule has 0 unspecified atom stereocenters. The Kier molecular flexibility index (Phi) is 6.36. The molecule has 2 aliphatic heterocycles. The molecule has 2 heterocycles. The van der Waals surface area contributed by atoms with Gasteiger partial charge >= 0.3 is 17.8 Å². The van der Waals surface area contributed by atoms with Crippen molar-refractivity contribution in [3.8, 4) is 0 Å². The van der Waals surface area contributed by atoms with Crippen molar-refractivity contribution >= 4 is 29.4 Å². The number of nitrogens with one attached hydrogen (secondary N) is 2. The van der Waals surface area contributed by atoms with Gasteiger partial charge < -0.3 is 10.2 Å². The van der Waals surface area contributed by atoms with Gasteiger partial charge in [-0.2, -0.15) is 0 Å². The lowest BCUT2D eigenvalue weighted by Crippen LogP contribution is -3.14. The molecule has 3 aliphatic rings. The van der Waals surface area contributed by atoms with Crippen LogP contribution in [0.2, 0.25) is 0 Å². The molecule has 8 nitrogen and oxygen atoms in total. The Labute approximate surface area is 182 Å². The van der Waals surface area contributed by atoms with Gasteiger partial charge in [0.15, 0.2) is 6.67 Å². The van der Waals surface area contributed by atoms with Crippen LogP contribution in [-0.4, -0.2) is 59.4 Å². The summed E-state index contributed by atoms with van der Waals surface area (Å²) >= 11 is 0. The molecule has 2 saturated heterocycles. The van der Waals surface area contributed by atoms with Crippen molar-refractivity contribution in [3.05, 3.63) is 30.3 Å². The number of para-hydroxylation sites is 1. The zero-order chi connectivity index (χ0) is 22.0. The van der Waals surface area contributed by atoms with Gasteiger partial charge in [-0.15, -0.1) is 0 Å². The fourth-order valence-corrected chi connectivity index (χ4v) is 5.07. The van der Waals surface area contributed by atoms with E-state index >= 15 is 0 Å². The number of imide groups is 2. The summed E-state index contributed by atoms with van der Waals surface area (Å²) in [6.07, 6.45) is 5.18. The van der Waals surface area contributed by atoms with E-state index in [1.165, 1.54) is 4.90 Å². The van der Waals surface area contributed by atoms with Gasteiger partial charge in [0.05, 0.1) is 13.1 Å². The van der Waals surface area contributed by atoms with Crippen molar-refractivity contribution in [3.63, 3.8) is 0 Å². The third kappa shape index (κ3) is 4.49. The number of piperidine rings is 1. The van der Waals surface area contributed by atoms with Crippen molar-refractivity contribution in [2.45, 2.75) is 51.5 Å². The second kappa shape index (κ2) is 9.18. The normalized spacial score (nSPS) is 29.4. The Morgan fingerprint density at radius 3 is 2.35 bits per heavy atom. The molecule has 1 saturated carbocycles. The monoisotopic (exact) mass is 427 g/mol. The highest BCUT2D eigenvalue weighted by atomic mass is 16.2. The maximum atomic E-state index is 13.0. The van der Waals surface area contributed by atoms with E-state index in [1.807, 2.05) is 37.3 Å². The van der Waals surface area contributed by atoms with Gasteiger partial charge in [-0.1, -0.05) is 38.0 Å². The predicted octanol–water partition coefficient (Wildman–Crippen LogP) is 1.25. The number of amides is 5. The third-order valence-corrected chi connectivity index (χ3v) is 6.97. The summed E-state index contributed by atoms with van der Waals surface area (Å²) < 4.78 is 0. The van der Waals surface area contributed by atoms with Crippen LogP contribution in [0.5, 0.6) is 0 Å². The maximum Gasteiger partial charge on any atom is 0.338 e. The fourth-order valence-electron chi connectivity index (χ4n) is 5.07. The molecular weight excluding hydrogens is 396 g/mol. The van der Waals surface area contributed by atoms with Crippen LogP contribution in [0.4, 0.5) is 10.5 Å². The number of hydrogen-bond donors (Lipinski definition) is 2. The molecule has 166 valence electrons. The number of rotatable bonds is 5. The molecule has 2 N–H and O–H groups in total. The first-order chi connectivity index (χ1) is 15.0. The van der Waals surface area contributed by atoms with E-state index in [0.717, 1.165) is 41.2 Å². The van der Waals surface area contributed by atoms with Gasteiger partial charge in [0, 0.05) is 30.5 Å². The van der Waals surface area contributed by atoms with E-state index in [9.17, 15) is 19.2 Å². The smallest absolute Gasteiger partial charge is 0.326 e. The van der Waals surface area contributed by atoms with E-state index in [-0.39, 0.29) is 30.5 Å². The predicted molar refractivity (Wildman–Crippen MR) is 114 cm³/mol. The minimum absolute atomic E-state index is 0.00575. The molecule has 8 heteroatoms. The van der Waals surface area contributed by atoms with E-state index < -0.39 is 17.8 Å². The van der Waals surface area contributed by atoms with Crippen LogP contribution in [0.3, 0.4) is 0 Å². The van der Waals surface area contributed by atoms with Gasteiger partial charge in [-0.25, -0.2) is 9.69 Å². The number of anilines is 1. The molecule has 5 amide bonds. The van der Waals surface area contributed by atoms with Crippen LogP contribution >= 0.6 is 0 Å². The third-order valence-electron chi connectivity index (χ3n) is 6.97. The fraction of sp³-hybridized carbons (Fsp3) is 0.565. The lowest BCUT2D eigenvalue weighted by atomic mass is 9.85. The number of hydrogen-bond acceptors (Lipinski definition) is 4. The van der Waals surface area contributed by atoms with Gasteiger partial charge in [-0.3, -0.25) is 19.3 Å². The number of urea groups is 1. The quantitative estimate of drug-likeness (QED) is 0.547. The van der Waals surface area contributed by atoms with Crippen LogP contribution in [0.1, 0.15) is 45.4 Å². The Hall–Kier alpha value is -2.74. The Bertz CT molecular complexity index is 850. The summed E-state index contributed by atoms with van der Waals surface area (Å²) in [6, 6.07) is 8.74. The van der Waals surface area contributed by atoms with E-state index in [1.54, 1.807) is 0 Å². The summed E-state index contributed by atoms with van der Waals surface area (Å²) in [5.41, 5.74) is 0.783. The van der Waals surface area contributed by atoms with E-state index in [2.05, 4.69) is 5.32 Å². The first-order valence-electron chi connectivity index (χ1n) is 11.3. The molecule has 31 heavy (non-hydrogen) atoms. The second-order valence-corrected chi connectivity index (χ2v) is 9.06. The Morgan fingerprint density at radius 1 is 1.00 bits per heavy atom. The van der Waals surface area contributed by atoms with Crippen LogP contribution in [0, 0.1) is 11.8 Å². The first-order valence-corrected chi connectivity index (χ1v) is 11.3. The molecule has 1 aromatic carbocycles. The second-order valence-electron chi connectivity index (χ2n) is 9.06. The van der Waals surface area contributed by atoms with Gasteiger partial charge in [0.25, 0.3) is 0 Å². The number of carbonyl (C=O) groups is 4. The van der Waals surface area contributed by atoms with Crippen LogP contribution in [0.25, 0.3) is 0 Å². The molecule has 0 radical (unpaired) electrons. The Balaban J connectivity index is 1.32. The first kappa shape index (κ1) is 21.5. The number of nitrogens with zero attached hydrogens (tertiary/aromatic N) is 2. The summed E-state index contributed by atoms with van der Waals surface area (Å²) in [7, 11) is 0. The number of benzene rings is 1. The van der Waals surface area contributed by atoms with Crippen LogP contribution < -0.4 is 10.2 Å². The molecular formula is C23H31N4O4+. The summed E-state index contributed by atoms with van der Waals surface area (Å²) in [4.78, 5) is 54.0. The highest BCUT2D eigenvalue weighted by Gasteiger charge is 2.50. The maximum absolute atomic E-state index is 13.0. The van der Waals surface area contributed by atoms with Crippen LogP contribution in [-0.2, 0) is 14.4 Å². The largest absolute Gasteiger partial charge is 0.338 e. The zero-order valence-electron chi connectivity index (χ0n) is 18.0. The topological polar surface area (TPSA) is 91.2 Å². The van der Waals surface area contributed by atoms with E-state index in [4.69, 9.17) is 0 Å². The molecule has 0 spiro atoms. The van der Waals surface area contributed by atoms with Crippen molar-refractivity contribution in [2.75, 3.05) is 25.1 Å². The summed E-state index contributed by atoms with van der Waals surface area (Å²) in [5, 5.41) is 2.95. The minimum atomic E-state index is -0.709. The summed E-state index contributed by atoms with van der Waals surface area (Å²) in [6.45, 7) is 3.60. The van der Waals surface area contributed by atoms with Crippen molar-refractivity contribution in [1.29, 1.82) is 0 Å². The standard InChI is InChI=1S/C23H30N4O4/c1-16-7-5-6-10-19(16)27-22(30)21(29)26(23(27)31)15-25-13-11-17(12-14-25)20(28)24-18-8-3-2-4-9-18/h2-4,8-9,16-17,19H,5-7,10-15H2,1H3,(H,24,28)/p+1/t16-,19-/m0/s1. The lowest BCUT2D eigenvalue weighted by molar-refractivity contribution is -0.912. The SMILES string of the molecule is C[C@H]1CCCC[C@@H]1N1C(=O)C(=O)N(C[NH+]2CCC(C(=O)Nc3ccccc3)CC2)C1=O. The van der Waals surface area contributed by atoms with Gasteiger partial charge in [-0.05, 0) is 30.9 Å². The molecule has 0 bridgehead atoms. The van der Waals surface area contributed by atoms with Gasteiger partial charge in [0.1, 0.15) is 0 Å². The number of quaternary nitrogens is 1. The lowest BCUT2D eigenvalue weighted by Gasteiger charge is -2.34. The minimum Gasteiger partial charge on any atom is -0.326 e. The Morgan fingerprint density at radius 2 is 1.68 bits per heavy atom. The average Bonchev–Trinajstić information content (AvgIpc) is 2.98. The van der Waals surface area contributed by atoms with Crippen molar-refractivity contribution in [1.82, 2.24) is 9.80 Å². The molecule has 4 rings (SSSR count). The highest BCUT2D eigenvalue weighted by molar-refractivity contribution is 6.44. The van der Waals surface area contributed by atoms with Crippen molar-refractivity contribution < 1.29 is 24.1 Å². The molecule has 2 atom stereocenters. The number of likely N-dealkylation sites (tertiary alicyclic amines) is 1. The highest BCUT2D eigenvalue weighted by Crippen LogP contribution is 2.31. The summed E-state index contributed by atoms with van der Waals surface area (Å²) in [5.74, 6) is -1.25. The zero-order valence-corrected chi connectivity index (χ0v) is 18.0.